The average Bonchev–Trinajstić information content (AvgIpc) is 3.04. The van der Waals surface area contributed by atoms with Gasteiger partial charge in [-0.15, -0.1) is 0 Å². The minimum absolute atomic E-state index is 0.453. The van der Waals surface area contributed by atoms with E-state index in [9.17, 15) is 0 Å². The molecule has 0 radical (unpaired) electrons. The molecule has 2 aromatic rings. The summed E-state index contributed by atoms with van der Waals surface area (Å²) in [6.45, 7) is 4.57. The van der Waals surface area contributed by atoms with Gasteiger partial charge in [0.05, 0.1) is 0 Å². The Morgan fingerprint density at radius 3 is 2.53 bits per heavy atom. The molecule has 0 aromatic heterocycles. The minimum Gasteiger partial charge on any atom is -0.307 e. The topological polar surface area (TPSA) is 12.0 Å². The molecule has 0 bridgehead atoms. The van der Waals surface area contributed by atoms with E-state index in [1.165, 1.54) is 22.8 Å². The van der Waals surface area contributed by atoms with Crippen LogP contribution in [0.5, 0.6) is 0 Å². The van der Waals surface area contributed by atoms with Gasteiger partial charge in [0.1, 0.15) is 0 Å². The quantitative estimate of drug-likeness (QED) is 0.835. The predicted molar refractivity (Wildman–Crippen MR) is 73.1 cm³/mol. The third kappa shape index (κ3) is 2.20. The molecule has 0 amide bonds. The summed E-state index contributed by atoms with van der Waals surface area (Å²) in [6, 6.07) is 16.5. The van der Waals surface area contributed by atoms with Gasteiger partial charge < -0.3 is 5.32 Å². The normalized spacial score (nSPS) is 24.8. The maximum atomic E-state index is 3.68. The first-order valence-corrected chi connectivity index (χ1v) is 6.49. The van der Waals surface area contributed by atoms with Crippen LogP contribution in [0.25, 0.3) is 10.8 Å². The van der Waals surface area contributed by atoms with Gasteiger partial charge in [-0.2, -0.15) is 0 Å². The minimum atomic E-state index is 0.453. The van der Waals surface area contributed by atoms with Crippen LogP contribution in [0.2, 0.25) is 0 Å². The standard InChI is InChI=1S/C16H19N/c1-11-9-16(11)17-12(2)14-8-7-13-5-3-4-6-15(13)10-14/h3-8,10-12,16-17H,9H2,1-2H3. The highest BCUT2D eigenvalue weighted by Crippen LogP contribution is 2.32. The molecule has 2 aromatic carbocycles. The van der Waals surface area contributed by atoms with Gasteiger partial charge in [0.25, 0.3) is 0 Å². The van der Waals surface area contributed by atoms with E-state index in [-0.39, 0.29) is 0 Å². The number of hydrogen-bond acceptors (Lipinski definition) is 1. The van der Waals surface area contributed by atoms with Crippen molar-refractivity contribution in [3.63, 3.8) is 0 Å². The van der Waals surface area contributed by atoms with Crippen LogP contribution in [0.15, 0.2) is 42.5 Å². The SMILES string of the molecule is CC(NC1CC1C)c1ccc2ccccc2c1. The largest absolute Gasteiger partial charge is 0.307 e. The molecule has 1 N–H and O–H groups in total. The summed E-state index contributed by atoms with van der Waals surface area (Å²) in [5.41, 5.74) is 1.39. The van der Waals surface area contributed by atoms with Crippen molar-refractivity contribution in [3.8, 4) is 0 Å². The van der Waals surface area contributed by atoms with Crippen LogP contribution in [0.3, 0.4) is 0 Å². The van der Waals surface area contributed by atoms with E-state index in [0.717, 1.165) is 12.0 Å². The maximum absolute atomic E-state index is 3.68. The molecular formula is C16H19N. The molecule has 1 saturated carbocycles. The van der Waals surface area contributed by atoms with Gasteiger partial charge in [-0.1, -0.05) is 43.3 Å². The van der Waals surface area contributed by atoms with Crippen molar-refractivity contribution < 1.29 is 0 Å². The second-order valence-electron chi connectivity index (χ2n) is 5.31. The Labute approximate surface area is 103 Å². The summed E-state index contributed by atoms with van der Waals surface area (Å²) in [7, 11) is 0. The second kappa shape index (κ2) is 4.15. The number of benzene rings is 2. The molecule has 0 spiro atoms. The number of hydrogen-bond donors (Lipinski definition) is 1. The summed E-state index contributed by atoms with van der Waals surface area (Å²) in [4.78, 5) is 0. The van der Waals surface area contributed by atoms with Crippen molar-refractivity contribution in [2.45, 2.75) is 32.4 Å². The van der Waals surface area contributed by atoms with E-state index in [1.807, 2.05) is 0 Å². The molecule has 0 saturated heterocycles. The van der Waals surface area contributed by atoms with Crippen molar-refractivity contribution in [2.24, 2.45) is 5.92 Å². The lowest BCUT2D eigenvalue weighted by Crippen LogP contribution is -2.21. The molecule has 0 aliphatic heterocycles. The van der Waals surface area contributed by atoms with Gasteiger partial charge in [-0.05, 0) is 41.7 Å². The van der Waals surface area contributed by atoms with Crippen LogP contribution in [0.4, 0.5) is 0 Å². The van der Waals surface area contributed by atoms with E-state index in [1.54, 1.807) is 0 Å². The van der Waals surface area contributed by atoms with Gasteiger partial charge in [-0.3, -0.25) is 0 Å². The maximum Gasteiger partial charge on any atom is 0.0294 e. The van der Waals surface area contributed by atoms with Crippen molar-refractivity contribution >= 4 is 10.8 Å². The first kappa shape index (κ1) is 10.8. The van der Waals surface area contributed by atoms with E-state index in [2.05, 4.69) is 61.6 Å². The Bertz CT molecular complexity index is 532. The Balaban J connectivity index is 1.84. The van der Waals surface area contributed by atoms with Gasteiger partial charge in [0.15, 0.2) is 0 Å². The second-order valence-corrected chi connectivity index (χ2v) is 5.31. The molecule has 1 fully saturated rings. The Morgan fingerprint density at radius 2 is 1.82 bits per heavy atom. The fraction of sp³-hybridized carbons (Fsp3) is 0.375. The van der Waals surface area contributed by atoms with Crippen LogP contribution in [-0.2, 0) is 0 Å². The fourth-order valence-corrected chi connectivity index (χ4v) is 2.45. The van der Waals surface area contributed by atoms with Crippen molar-refractivity contribution in [1.82, 2.24) is 5.32 Å². The Morgan fingerprint density at radius 1 is 1.12 bits per heavy atom. The molecule has 88 valence electrons. The molecule has 1 heteroatoms. The van der Waals surface area contributed by atoms with Crippen LogP contribution < -0.4 is 5.32 Å². The lowest BCUT2D eigenvalue weighted by molar-refractivity contribution is 0.552. The Kier molecular flexibility index (Phi) is 2.64. The zero-order chi connectivity index (χ0) is 11.8. The molecule has 3 atom stereocenters. The van der Waals surface area contributed by atoms with Gasteiger partial charge in [0.2, 0.25) is 0 Å². The summed E-state index contributed by atoms with van der Waals surface area (Å²) in [6.07, 6.45) is 1.33. The first-order valence-electron chi connectivity index (χ1n) is 6.49. The van der Waals surface area contributed by atoms with E-state index >= 15 is 0 Å². The van der Waals surface area contributed by atoms with Crippen LogP contribution in [0.1, 0.15) is 31.9 Å². The number of rotatable bonds is 3. The van der Waals surface area contributed by atoms with Gasteiger partial charge in [-0.25, -0.2) is 0 Å². The van der Waals surface area contributed by atoms with E-state index in [4.69, 9.17) is 0 Å². The first-order chi connectivity index (χ1) is 8.24. The highest BCUT2D eigenvalue weighted by atomic mass is 15.0. The van der Waals surface area contributed by atoms with Crippen LogP contribution >= 0.6 is 0 Å². The fourth-order valence-electron chi connectivity index (χ4n) is 2.45. The zero-order valence-corrected chi connectivity index (χ0v) is 10.5. The summed E-state index contributed by atoms with van der Waals surface area (Å²) in [5.74, 6) is 0.859. The third-order valence-electron chi connectivity index (χ3n) is 3.85. The van der Waals surface area contributed by atoms with Gasteiger partial charge in [0, 0.05) is 12.1 Å². The zero-order valence-electron chi connectivity index (χ0n) is 10.5. The molecule has 0 heterocycles. The molecule has 1 nitrogen and oxygen atoms in total. The highest BCUT2D eigenvalue weighted by molar-refractivity contribution is 5.83. The van der Waals surface area contributed by atoms with Crippen LogP contribution in [-0.4, -0.2) is 6.04 Å². The molecule has 3 rings (SSSR count). The third-order valence-corrected chi connectivity index (χ3v) is 3.85. The molecular weight excluding hydrogens is 206 g/mol. The van der Waals surface area contributed by atoms with Crippen molar-refractivity contribution in [1.29, 1.82) is 0 Å². The van der Waals surface area contributed by atoms with E-state index < -0.39 is 0 Å². The Hall–Kier alpha value is -1.34. The monoisotopic (exact) mass is 225 g/mol. The van der Waals surface area contributed by atoms with Gasteiger partial charge >= 0.3 is 0 Å². The summed E-state index contributed by atoms with van der Waals surface area (Å²) >= 11 is 0. The lowest BCUT2D eigenvalue weighted by Gasteiger charge is -2.14. The molecule has 3 unspecified atom stereocenters. The number of fused-ring (bicyclic) bond motifs is 1. The van der Waals surface area contributed by atoms with E-state index in [0.29, 0.717) is 6.04 Å². The van der Waals surface area contributed by atoms with Crippen molar-refractivity contribution in [3.05, 3.63) is 48.0 Å². The summed E-state index contributed by atoms with van der Waals surface area (Å²) < 4.78 is 0. The molecule has 1 aliphatic carbocycles. The molecule has 1 aliphatic rings. The predicted octanol–water partition coefficient (Wildman–Crippen LogP) is 3.90. The summed E-state index contributed by atoms with van der Waals surface area (Å²) in [5, 5.41) is 6.34. The molecule has 17 heavy (non-hydrogen) atoms. The van der Waals surface area contributed by atoms with Crippen LogP contribution in [0, 0.1) is 5.92 Å². The number of nitrogens with one attached hydrogen (secondary N) is 1. The van der Waals surface area contributed by atoms with Crippen molar-refractivity contribution in [2.75, 3.05) is 0 Å². The smallest absolute Gasteiger partial charge is 0.0294 e. The lowest BCUT2D eigenvalue weighted by atomic mass is 10.0. The highest BCUT2D eigenvalue weighted by Gasteiger charge is 2.33. The average molecular weight is 225 g/mol.